The van der Waals surface area contributed by atoms with Crippen molar-refractivity contribution < 1.29 is 38.0 Å². The van der Waals surface area contributed by atoms with Crippen LogP contribution in [0.15, 0.2) is 71.4 Å². The molecule has 2 aliphatic heterocycles. The van der Waals surface area contributed by atoms with Crippen LogP contribution in [0.4, 0.5) is 0 Å². The van der Waals surface area contributed by atoms with Crippen LogP contribution in [-0.2, 0) is 9.53 Å². The standard InChI is InChI=1S/C26H19NO8/c1-30-18-7-4-16(5-8-18)24-27-19(26(29)35-24)11-15-3-9-21(22(12-15)31-2)34-25(28)17-6-10-20-23(13-17)33-14-32-20/h3-13H,14H2,1-2H3. The summed E-state index contributed by atoms with van der Waals surface area (Å²) in [7, 11) is 3.02. The van der Waals surface area contributed by atoms with Gasteiger partial charge in [0.25, 0.3) is 0 Å². The van der Waals surface area contributed by atoms with Crippen molar-refractivity contribution in [3.63, 3.8) is 0 Å². The van der Waals surface area contributed by atoms with Gasteiger partial charge in [-0.3, -0.25) is 0 Å². The zero-order valence-corrected chi connectivity index (χ0v) is 18.8. The Morgan fingerprint density at radius 2 is 1.71 bits per heavy atom. The number of carbonyl (C=O) groups excluding carboxylic acids is 2. The molecule has 0 aromatic heterocycles. The van der Waals surface area contributed by atoms with Crippen molar-refractivity contribution in [2.24, 2.45) is 4.99 Å². The van der Waals surface area contributed by atoms with Gasteiger partial charge in [0.2, 0.25) is 12.7 Å². The molecule has 0 N–H and O–H groups in total. The summed E-state index contributed by atoms with van der Waals surface area (Å²) in [4.78, 5) is 29.3. The number of methoxy groups -OCH3 is 2. The molecule has 3 aromatic rings. The quantitative estimate of drug-likeness (QED) is 0.301. The number of aliphatic imine (C=N–C) groups is 1. The van der Waals surface area contributed by atoms with Crippen LogP contribution in [0.1, 0.15) is 21.5 Å². The number of hydrogen-bond donors (Lipinski definition) is 0. The van der Waals surface area contributed by atoms with Gasteiger partial charge in [-0.2, -0.15) is 0 Å². The molecular weight excluding hydrogens is 454 g/mol. The van der Waals surface area contributed by atoms with Crippen molar-refractivity contribution in [3.8, 4) is 28.7 Å². The minimum absolute atomic E-state index is 0.109. The predicted octanol–water partition coefficient (Wildman–Crippen LogP) is 4.00. The van der Waals surface area contributed by atoms with Gasteiger partial charge in [0, 0.05) is 5.56 Å². The molecule has 2 aliphatic rings. The van der Waals surface area contributed by atoms with Gasteiger partial charge in [0.05, 0.1) is 19.8 Å². The lowest BCUT2D eigenvalue weighted by Crippen LogP contribution is -2.09. The lowest BCUT2D eigenvalue weighted by atomic mass is 10.1. The molecule has 5 rings (SSSR count). The molecule has 9 nitrogen and oxygen atoms in total. The maximum atomic E-state index is 12.6. The summed E-state index contributed by atoms with van der Waals surface area (Å²) in [6.07, 6.45) is 1.56. The van der Waals surface area contributed by atoms with Gasteiger partial charge in [-0.1, -0.05) is 6.07 Å². The highest BCUT2D eigenvalue weighted by molar-refractivity contribution is 6.12. The van der Waals surface area contributed by atoms with Gasteiger partial charge >= 0.3 is 11.9 Å². The molecule has 35 heavy (non-hydrogen) atoms. The monoisotopic (exact) mass is 473 g/mol. The fraction of sp³-hybridized carbons (Fsp3) is 0.115. The Balaban J connectivity index is 1.35. The van der Waals surface area contributed by atoms with Gasteiger partial charge in [0.1, 0.15) is 5.75 Å². The molecule has 0 spiro atoms. The summed E-state index contributed by atoms with van der Waals surface area (Å²) in [5.41, 5.74) is 1.68. The van der Waals surface area contributed by atoms with E-state index in [1.54, 1.807) is 73.8 Å². The summed E-state index contributed by atoms with van der Waals surface area (Å²) in [6, 6.07) is 16.7. The molecule has 0 saturated carbocycles. The van der Waals surface area contributed by atoms with E-state index in [1.165, 1.54) is 7.11 Å². The molecule has 0 fully saturated rings. The van der Waals surface area contributed by atoms with Crippen LogP contribution in [0.3, 0.4) is 0 Å². The number of rotatable bonds is 6. The van der Waals surface area contributed by atoms with Crippen molar-refractivity contribution in [3.05, 3.63) is 83.1 Å². The van der Waals surface area contributed by atoms with Crippen molar-refractivity contribution in [2.45, 2.75) is 0 Å². The molecule has 2 heterocycles. The van der Waals surface area contributed by atoms with Gasteiger partial charge < -0.3 is 28.4 Å². The highest BCUT2D eigenvalue weighted by Crippen LogP contribution is 2.34. The topological polar surface area (TPSA) is 102 Å². The Morgan fingerprint density at radius 3 is 2.49 bits per heavy atom. The molecule has 0 saturated heterocycles. The van der Waals surface area contributed by atoms with Gasteiger partial charge in [-0.15, -0.1) is 0 Å². The highest BCUT2D eigenvalue weighted by atomic mass is 16.7. The summed E-state index contributed by atoms with van der Waals surface area (Å²) >= 11 is 0. The van der Waals surface area contributed by atoms with E-state index in [4.69, 9.17) is 28.4 Å². The lowest BCUT2D eigenvalue weighted by Gasteiger charge is -2.10. The average Bonchev–Trinajstić information content (AvgIpc) is 3.50. The molecule has 9 heteroatoms. The first-order valence-electron chi connectivity index (χ1n) is 10.5. The van der Waals surface area contributed by atoms with Crippen LogP contribution in [0.2, 0.25) is 0 Å². The van der Waals surface area contributed by atoms with E-state index in [0.29, 0.717) is 39.7 Å². The van der Waals surface area contributed by atoms with Crippen molar-refractivity contribution in [1.29, 1.82) is 0 Å². The second-order valence-corrected chi connectivity index (χ2v) is 7.43. The van der Waals surface area contributed by atoms with Crippen LogP contribution in [0.5, 0.6) is 28.7 Å². The molecule has 0 aliphatic carbocycles. The minimum Gasteiger partial charge on any atom is -0.497 e. The van der Waals surface area contributed by atoms with Crippen LogP contribution in [0, 0.1) is 0 Å². The summed E-state index contributed by atoms with van der Waals surface area (Å²) in [5, 5.41) is 0. The molecule has 0 radical (unpaired) electrons. The smallest absolute Gasteiger partial charge is 0.363 e. The van der Waals surface area contributed by atoms with E-state index in [-0.39, 0.29) is 24.1 Å². The third kappa shape index (κ3) is 4.51. The Kier molecular flexibility index (Phi) is 5.80. The normalized spacial score (nSPS) is 15.0. The van der Waals surface area contributed by atoms with Crippen LogP contribution >= 0.6 is 0 Å². The van der Waals surface area contributed by atoms with Gasteiger partial charge in [-0.25, -0.2) is 14.6 Å². The molecular formula is C26H19NO8. The number of esters is 2. The van der Waals surface area contributed by atoms with Crippen LogP contribution < -0.4 is 23.7 Å². The van der Waals surface area contributed by atoms with E-state index in [9.17, 15) is 9.59 Å². The number of hydrogen-bond acceptors (Lipinski definition) is 9. The summed E-state index contributed by atoms with van der Waals surface area (Å²) < 4.78 is 31.9. The molecule has 0 amide bonds. The Labute approximate surface area is 200 Å². The number of carbonyl (C=O) groups is 2. The van der Waals surface area contributed by atoms with Crippen LogP contribution in [-0.4, -0.2) is 38.8 Å². The van der Waals surface area contributed by atoms with Gasteiger partial charge in [-0.05, 0) is 66.2 Å². The predicted molar refractivity (Wildman–Crippen MR) is 124 cm³/mol. The Hall–Kier alpha value is -4.79. The third-order valence-electron chi connectivity index (χ3n) is 5.26. The zero-order chi connectivity index (χ0) is 24.4. The SMILES string of the molecule is COc1ccc(C2=NC(=Cc3ccc(OC(=O)c4ccc5c(c4)OCO5)c(OC)c3)C(=O)O2)cc1. The van der Waals surface area contributed by atoms with E-state index in [0.717, 1.165) is 0 Å². The van der Waals surface area contributed by atoms with Crippen molar-refractivity contribution in [2.75, 3.05) is 21.0 Å². The maximum Gasteiger partial charge on any atom is 0.363 e. The molecule has 0 unspecified atom stereocenters. The molecule has 176 valence electrons. The maximum absolute atomic E-state index is 12.6. The van der Waals surface area contributed by atoms with E-state index in [1.807, 2.05) is 0 Å². The fourth-order valence-corrected chi connectivity index (χ4v) is 3.46. The van der Waals surface area contributed by atoms with Crippen LogP contribution in [0.25, 0.3) is 6.08 Å². The van der Waals surface area contributed by atoms with Crippen molar-refractivity contribution >= 4 is 23.9 Å². The number of cyclic esters (lactones) is 1. The van der Waals surface area contributed by atoms with E-state index >= 15 is 0 Å². The first kappa shape index (κ1) is 22.0. The Bertz CT molecular complexity index is 1370. The first-order chi connectivity index (χ1) is 17.0. The number of benzene rings is 3. The lowest BCUT2D eigenvalue weighted by molar-refractivity contribution is -0.129. The fourth-order valence-electron chi connectivity index (χ4n) is 3.46. The third-order valence-corrected chi connectivity index (χ3v) is 5.26. The largest absolute Gasteiger partial charge is 0.497 e. The second kappa shape index (κ2) is 9.22. The summed E-state index contributed by atoms with van der Waals surface area (Å²) in [6.45, 7) is 0.109. The van der Waals surface area contributed by atoms with E-state index < -0.39 is 11.9 Å². The van der Waals surface area contributed by atoms with Crippen molar-refractivity contribution in [1.82, 2.24) is 0 Å². The summed E-state index contributed by atoms with van der Waals surface area (Å²) in [5.74, 6) is 1.29. The average molecular weight is 473 g/mol. The number of nitrogens with zero attached hydrogens (tertiary/aromatic N) is 1. The van der Waals surface area contributed by atoms with E-state index in [2.05, 4.69) is 4.99 Å². The molecule has 0 atom stereocenters. The van der Waals surface area contributed by atoms with Gasteiger partial charge in [0.15, 0.2) is 28.7 Å². The Morgan fingerprint density at radius 1 is 0.914 bits per heavy atom. The zero-order valence-electron chi connectivity index (χ0n) is 18.8. The number of ether oxygens (including phenoxy) is 6. The molecule has 0 bridgehead atoms. The first-order valence-corrected chi connectivity index (χ1v) is 10.5. The minimum atomic E-state index is -0.583. The number of fused-ring (bicyclic) bond motifs is 1. The molecule has 3 aromatic carbocycles. The second-order valence-electron chi connectivity index (χ2n) is 7.43. The highest BCUT2D eigenvalue weighted by Gasteiger charge is 2.24.